The van der Waals surface area contributed by atoms with Crippen molar-refractivity contribution in [2.24, 2.45) is 0 Å². The van der Waals surface area contributed by atoms with Crippen LogP contribution in [0, 0.1) is 0 Å². The molecule has 2 heterocycles. The third-order valence-corrected chi connectivity index (χ3v) is 5.43. The maximum atomic E-state index is 12.3. The van der Waals surface area contributed by atoms with Gasteiger partial charge in [-0.2, -0.15) is 0 Å². The van der Waals surface area contributed by atoms with Crippen LogP contribution in [-0.4, -0.2) is 10.4 Å². The Labute approximate surface area is 131 Å². The number of para-hydroxylation sites is 1. The van der Waals surface area contributed by atoms with Crippen molar-refractivity contribution in [3.8, 4) is 0 Å². The third kappa shape index (κ3) is 2.42. The number of Topliss-reactive ketones (excluding diaryl/α,β-unsaturated/α-hetero) is 1. The fourth-order valence-corrected chi connectivity index (χ4v) is 4.16. The van der Waals surface area contributed by atoms with Crippen molar-refractivity contribution in [2.75, 3.05) is 0 Å². The highest BCUT2D eigenvalue weighted by molar-refractivity contribution is 9.11. The highest BCUT2D eigenvalue weighted by Gasteiger charge is 2.14. The van der Waals surface area contributed by atoms with E-state index in [1.807, 2.05) is 46.5 Å². The van der Waals surface area contributed by atoms with Gasteiger partial charge in [-0.05, 0) is 49.4 Å². The molecule has 3 rings (SSSR count). The lowest BCUT2D eigenvalue weighted by molar-refractivity contribution is 0.0977. The smallest absolute Gasteiger partial charge is 0.193 e. The summed E-state index contributed by atoms with van der Waals surface area (Å²) in [5, 5.41) is 3.04. The van der Waals surface area contributed by atoms with E-state index in [1.54, 1.807) is 0 Å². The molecular formula is C14H9Br2NOS. The van der Waals surface area contributed by atoms with E-state index in [0.717, 1.165) is 24.7 Å². The molecule has 19 heavy (non-hydrogen) atoms. The molecule has 0 aliphatic carbocycles. The van der Waals surface area contributed by atoms with Gasteiger partial charge in [0.05, 0.1) is 11.4 Å². The van der Waals surface area contributed by atoms with Gasteiger partial charge in [0.25, 0.3) is 0 Å². The second kappa shape index (κ2) is 5.23. The van der Waals surface area contributed by atoms with Gasteiger partial charge in [0.2, 0.25) is 0 Å². The molecule has 2 nitrogen and oxygen atoms in total. The zero-order valence-electron chi connectivity index (χ0n) is 9.77. The molecule has 0 atom stereocenters. The lowest BCUT2D eigenvalue weighted by Gasteiger charge is -2.03. The van der Waals surface area contributed by atoms with E-state index >= 15 is 0 Å². The molecule has 96 valence electrons. The standard InChI is InChI=1S/C14H9Br2NOS/c15-10-5-6-19-14(10)13(18)8-17-7-11(16)9-3-1-2-4-12(9)17/h1-7H,8H2. The van der Waals surface area contributed by atoms with Crippen LogP contribution in [0.5, 0.6) is 0 Å². The van der Waals surface area contributed by atoms with Gasteiger partial charge in [0.1, 0.15) is 0 Å². The SMILES string of the molecule is O=C(Cn1cc(Br)c2ccccc21)c1sccc1Br. The molecule has 0 bridgehead atoms. The van der Waals surface area contributed by atoms with E-state index in [4.69, 9.17) is 0 Å². The fourth-order valence-electron chi connectivity index (χ4n) is 2.05. The first kappa shape index (κ1) is 13.1. The fraction of sp³-hybridized carbons (Fsp3) is 0.0714. The van der Waals surface area contributed by atoms with Crippen molar-refractivity contribution < 1.29 is 4.79 Å². The summed E-state index contributed by atoms with van der Waals surface area (Å²) >= 11 is 8.41. The second-order valence-electron chi connectivity index (χ2n) is 4.14. The summed E-state index contributed by atoms with van der Waals surface area (Å²) in [6.07, 6.45) is 1.96. The predicted molar refractivity (Wildman–Crippen MR) is 86.0 cm³/mol. The Morgan fingerprint density at radius 3 is 2.68 bits per heavy atom. The van der Waals surface area contributed by atoms with Crippen molar-refractivity contribution in [3.05, 3.63) is 55.7 Å². The molecule has 1 aromatic carbocycles. The van der Waals surface area contributed by atoms with Crippen molar-refractivity contribution in [1.82, 2.24) is 4.57 Å². The normalized spacial score (nSPS) is 11.1. The van der Waals surface area contributed by atoms with Crippen LogP contribution in [-0.2, 0) is 6.54 Å². The molecule has 0 spiro atoms. The quantitative estimate of drug-likeness (QED) is 0.561. The molecule has 0 unspecified atom stereocenters. The maximum Gasteiger partial charge on any atom is 0.193 e. The minimum atomic E-state index is 0.120. The summed E-state index contributed by atoms with van der Waals surface area (Å²) < 4.78 is 3.87. The number of hydrogen-bond donors (Lipinski definition) is 0. The number of carbonyl (C=O) groups excluding carboxylic acids is 1. The number of aromatic nitrogens is 1. The van der Waals surface area contributed by atoms with E-state index in [9.17, 15) is 4.79 Å². The Hall–Kier alpha value is -0.910. The number of halogens is 2. The molecular weight excluding hydrogens is 390 g/mol. The van der Waals surface area contributed by atoms with Crippen LogP contribution in [0.2, 0.25) is 0 Å². The monoisotopic (exact) mass is 397 g/mol. The van der Waals surface area contributed by atoms with E-state index < -0.39 is 0 Å². The number of thiophene rings is 1. The summed E-state index contributed by atoms with van der Waals surface area (Å²) in [5.74, 6) is 0.120. The minimum absolute atomic E-state index is 0.120. The van der Waals surface area contributed by atoms with Crippen LogP contribution >= 0.6 is 43.2 Å². The molecule has 0 N–H and O–H groups in total. The van der Waals surface area contributed by atoms with Crippen LogP contribution in [0.25, 0.3) is 10.9 Å². The minimum Gasteiger partial charge on any atom is -0.338 e. The molecule has 2 aromatic heterocycles. The average Bonchev–Trinajstić information content (AvgIpc) is 2.95. The highest BCUT2D eigenvalue weighted by atomic mass is 79.9. The third-order valence-electron chi connectivity index (χ3n) is 2.92. The second-order valence-corrected chi connectivity index (χ2v) is 6.77. The molecule has 0 aliphatic heterocycles. The highest BCUT2D eigenvalue weighted by Crippen LogP contribution is 2.28. The van der Waals surface area contributed by atoms with E-state index in [1.165, 1.54) is 11.3 Å². The molecule has 0 saturated heterocycles. The number of ketones is 1. The van der Waals surface area contributed by atoms with Gasteiger partial charge >= 0.3 is 0 Å². The predicted octanol–water partition coefficient (Wildman–Crippen LogP) is 5.11. The van der Waals surface area contributed by atoms with Crippen molar-refractivity contribution in [2.45, 2.75) is 6.54 Å². The molecule has 0 fully saturated rings. The molecule has 3 aromatic rings. The van der Waals surface area contributed by atoms with E-state index in [-0.39, 0.29) is 5.78 Å². The molecule has 0 amide bonds. The Kier molecular flexibility index (Phi) is 3.60. The Bertz CT molecular complexity index is 760. The summed E-state index contributed by atoms with van der Waals surface area (Å²) in [7, 11) is 0. The van der Waals surface area contributed by atoms with Crippen LogP contribution in [0.4, 0.5) is 0 Å². The van der Waals surface area contributed by atoms with Gasteiger partial charge in [-0.15, -0.1) is 11.3 Å². The zero-order chi connectivity index (χ0) is 13.4. The number of hydrogen-bond acceptors (Lipinski definition) is 2. The van der Waals surface area contributed by atoms with Gasteiger partial charge in [-0.3, -0.25) is 4.79 Å². The topological polar surface area (TPSA) is 22.0 Å². The lowest BCUT2D eigenvalue weighted by Crippen LogP contribution is -2.08. The van der Waals surface area contributed by atoms with Crippen molar-refractivity contribution in [1.29, 1.82) is 0 Å². The average molecular weight is 399 g/mol. The van der Waals surface area contributed by atoms with Crippen LogP contribution < -0.4 is 0 Å². The summed E-state index contributed by atoms with van der Waals surface area (Å²) in [5.41, 5.74) is 1.07. The Morgan fingerprint density at radius 1 is 1.16 bits per heavy atom. The zero-order valence-corrected chi connectivity index (χ0v) is 13.8. The molecule has 0 saturated carbocycles. The van der Waals surface area contributed by atoms with Crippen LogP contribution in [0.1, 0.15) is 9.67 Å². The number of nitrogens with zero attached hydrogens (tertiary/aromatic N) is 1. The first-order valence-electron chi connectivity index (χ1n) is 5.66. The van der Waals surface area contributed by atoms with Crippen molar-refractivity contribution >= 4 is 59.9 Å². The van der Waals surface area contributed by atoms with Crippen LogP contribution in [0.3, 0.4) is 0 Å². The van der Waals surface area contributed by atoms with E-state index in [0.29, 0.717) is 6.54 Å². The maximum absolute atomic E-state index is 12.3. The molecule has 0 radical (unpaired) electrons. The van der Waals surface area contributed by atoms with Crippen LogP contribution in [0.15, 0.2) is 50.9 Å². The Balaban J connectivity index is 1.98. The number of fused-ring (bicyclic) bond motifs is 1. The first-order valence-corrected chi connectivity index (χ1v) is 8.13. The van der Waals surface area contributed by atoms with Gasteiger partial charge in [-0.25, -0.2) is 0 Å². The van der Waals surface area contributed by atoms with Gasteiger partial charge in [0, 0.05) is 26.0 Å². The summed E-state index contributed by atoms with van der Waals surface area (Å²) in [4.78, 5) is 13.1. The molecule has 5 heteroatoms. The van der Waals surface area contributed by atoms with Crippen molar-refractivity contribution in [3.63, 3.8) is 0 Å². The van der Waals surface area contributed by atoms with Gasteiger partial charge in [0.15, 0.2) is 5.78 Å². The number of rotatable bonds is 3. The Morgan fingerprint density at radius 2 is 1.95 bits per heavy atom. The summed E-state index contributed by atoms with van der Waals surface area (Å²) in [6.45, 7) is 0.352. The number of benzene rings is 1. The van der Waals surface area contributed by atoms with Gasteiger partial charge < -0.3 is 4.57 Å². The van der Waals surface area contributed by atoms with E-state index in [2.05, 4.69) is 31.9 Å². The molecule has 0 aliphatic rings. The van der Waals surface area contributed by atoms with Gasteiger partial charge in [-0.1, -0.05) is 18.2 Å². The number of carbonyl (C=O) groups is 1. The first-order chi connectivity index (χ1) is 9.16. The lowest BCUT2D eigenvalue weighted by atomic mass is 10.2. The summed E-state index contributed by atoms with van der Waals surface area (Å²) in [6, 6.07) is 9.95. The largest absolute Gasteiger partial charge is 0.338 e.